The highest BCUT2D eigenvalue weighted by Crippen LogP contribution is 2.30. The Morgan fingerprint density at radius 1 is 1.25 bits per heavy atom. The molecule has 1 aromatic heterocycles. The highest BCUT2D eigenvalue weighted by atomic mass is 35.5. The van der Waals surface area contributed by atoms with Gasteiger partial charge in [0.1, 0.15) is 16.7 Å². The molecule has 0 spiro atoms. The van der Waals surface area contributed by atoms with Gasteiger partial charge in [0.05, 0.1) is 17.4 Å². The molecule has 2 aromatic rings. The highest BCUT2D eigenvalue weighted by molar-refractivity contribution is 6.32. The Labute approximate surface area is 121 Å². The van der Waals surface area contributed by atoms with Gasteiger partial charge in [-0.25, -0.2) is 9.97 Å². The molecule has 1 aliphatic rings. The number of ether oxygens (including phenoxy) is 1. The maximum absolute atomic E-state index is 11.2. The molecule has 0 atom stereocenters. The van der Waals surface area contributed by atoms with E-state index in [4.69, 9.17) is 16.3 Å². The van der Waals surface area contributed by atoms with Gasteiger partial charge < -0.3 is 4.74 Å². The summed E-state index contributed by atoms with van der Waals surface area (Å²) in [5.74, 6) is 1.37. The van der Waals surface area contributed by atoms with Gasteiger partial charge in [-0.1, -0.05) is 11.6 Å². The van der Waals surface area contributed by atoms with Gasteiger partial charge in [-0.2, -0.15) is 0 Å². The SMILES string of the molecule is Cc1nc(Cl)c(C=O)c(-c2ccc(OC3CC3)cc2)n1. The van der Waals surface area contributed by atoms with Crippen LogP contribution in [-0.4, -0.2) is 22.4 Å². The Balaban J connectivity index is 1.97. The average molecular weight is 289 g/mol. The van der Waals surface area contributed by atoms with Crippen LogP contribution in [0.5, 0.6) is 5.75 Å². The number of hydrogen-bond donors (Lipinski definition) is 0. The zero-order valence-corrected chi connectivity index (χ0v) is 11.7. The number of aldehydes is 1. The second kappa shape index (κ2) is 5.21. The van der Waals surface area contributed by atoms with Crippen LogP contribution in [0.25, 0.3) is 11.3 Å². The molecule has 0 saturated heterocycles. The van der Waals surface area contributed by atoms with Gasteiger partial charge in [-0.15, -0.1) is 0 Å². The largest absolute Gasteiger partial charge is 0.490 e. The van der Waals surface area contributed by atoms with Crippen molar-refractivity contribution >= 4 is 17.9 Å². The van der Waals surface area contributed by atoms with Gasteiger partial charge in [0.25, 0.3) is 0 Å². The van der Waals surface area contributed by atoms with Crippen molar-refractivity contribution in [3.8, 4) is 17.0 Å². The lowest BCUT2D eigenvalue weighted by molar-refractivity contribution is 0.112. The highest BCUT2D eigenvalue weighted by Gasteiger charge is 2.23. The third kappa shape index (κ3) is 2.65. The second-order valence-corrected chi connectivity index (χ2v) is 5.14. The number of halogens is 1. The fraction of sp³-hybridized carbons (Fsp3) is 0.267. The lowest BCUT2D eigenvalue weighted by atomic mass is 10.1. The fourth-order valence-electron chi connectivity index (χ4n) is 1.94. The molecule has 1 aromatic carbocycles. The Hall–Kier alpha value is -1.94. The minimum absolute atomic E-state index is 0.181. The Morgan fingerprint density at radius 3 is 2.55 bits per heavy atom. The fourth-order valence-corrected chi connectivity index (χ4v) is 2.20. The lowest BCUT2D eigenvalue weighted by Gasteiger charge is -2.08. The predicted octanol–water partition coefficient (Wildman–Crippen LogP) is 3.46. The van der Waals surface area contributed by atoms with Gasteiger partial charge in [0.2, 0.25) is 0 Å². The molecular weight excluding hydrogens is 276 g/mol. The molecule has 0 amide bonds. The molecule has 1 saturated carbocycles. The quantitative estimate of drug-likeness (QED) is 0.638. The van der Waals surface area contributed by atoms with Crippen molar-refractivity contribution in [2.45, 2.75) is 25.9 Å². The standard InChI is InChI=1S/C15H13ClN2O2/c1-9-17-14(13(8-19)15(16)18-9)10-2-4-11(5-3-10)20-12-6-7-12/h2-5,8,12H,6-7H2,1H3. The summed E-state index contributed by atoms with van der Waals surface area (Å²) >= 11 is 5.99. The Morgan fingerprint density at radius 2 is 1.95 bits per heavy atom. The van der Waals surface area contributed by atoms with E-state index in [1.165, 1.54) is 0 Å². The van der Waals surface area contributed by atoms with Crippen molar-refractivity contribution in [3.05, 3.63) is 40.8 Å². The molecule has 0 radical (unpaired) electrons. The van der Waals surface area contributed by atoms with E-state index in [0.29, 0.717) is 29.5 Å². The number of aryl methyl sites for hydroxylation is 1. The second-order valence-electron chi connectivity index (χ2n) is 4.78. The summed E-state index contributed by atoms with van der Waals surface area (Å²) in [7, 11) is 0. The van der Waals surface area contributed by atoms with Crippen LogP contribution in [0.3, 0.4) is 0 Å². The molecule has 1 heterocycles. The van der Waals surface area contributed by atoms with Crippen molar-refractivity contribution in [1.29, 1.82) is 0 Å². The minimum Gasteiger partial charge on any atom is -0.490 e. The number of nitrogens with zero attached hydrogens (tertiary/aromatic N) is 2. The van der Waals surface area contributed by atoms with Crippen LogP contribution in [0.1, 0.15) is 29.0 Å². The zero-order valence-electron chi connectivity index (χ0n) is 11.0. The van der Waals surface area contributed by atoms with Crippen molar-refractivity contribution in [2.75, 3.05) is 0 Å². The number of rotatable bonds is 4. The van der Waals surface area contributed by atoms with E-state index >= 15 is 0 Å². The summed E-state index contributed by atoms with van der Waals surface area (Å²) in [6, 6.07) is 7.52. The van der Waals surface area contributed by atoms with Crippen LogP contribution in [0, 0.1) is 6.92 Å². The zero-order chi connectivity index (χ0) is 14.1. The third-order valence-electron chi connectivity index (χ3n) is 3.08. The first-order valence-electron chi connectivity index (χ1n) is 6.44. The molecule has 20 heavy (non-hydrogen) atoms. The average Bonchev–Trinajstić information content (AvgIpc) is 3.23. The van der Waals surface area contributed by atoms with Gasteiger partial charge in [-0.3, -0.25) is 4.79 Å². The molecule has 5 heteroatoms. The van der Waals surface area contributed by atoms with Crippen LogP contribution in [-0.2, 0) is 0 Å². The van der Waals surface area contributed by atoms with E-state index in [0.717, 1.165) is 24.2 Å². The molecule has 102 valence electrons. The molecule has 1 fully saturated rings. The predicted molar refractivity (Wildman–Crippen MR) is 76.3 cm³/mol. The lowest BCUT2D eigenvalue weighted by Crippen LogP contribution is -2.00. The summed E-state index contributed by atoms with van der Waals surface area (Å²) in [6.07, 6.45) is 3.29. The smallest absolute Gasteiger partial charge is 0.155 e. The summed E-state index contributed by atoms with van der Waals surface area (Å²) in [5, 5.41) is 0.181. The number of carbonyl (C=O) groups excluding carboxylic acids is 1. The van der Waals surface area contributed by atoms with Crippen LogP contribution in [0.15, 0.2) is 24.3 Å². The van der Waals surface area contributed by atoms with Crippen molar-refractivity contribution < 1.29 is 9.53 Å². The number of hydrogen-bond acceptors (Lipinski definition) is 4. The maximum atomic E-state index is 11.2. The molecule has 0 unspecified atom stereocenters. The third-order valence-corrected chi connectivity index (χ3v) is 3.37. The molecule has 0 aliphatic heterocycles. The van der Waals surface area contributed by atoms with E-state index in [9.17, 15) is 4.79 Å². The first kappa shape index (κ1) is 13.1. The number of aromatic nitrogens is 2. The summed E-state index contributed by atoms with van der Waals surface area (Å²) in [6.45, 7) is 1.74. The van der Waals surface area contributed by atoms with Gasteiger partial charge >= 0.3 is 0 Å². The number of benzene rings is 1. The van der Waals surface area contributed by atoms with Crippen LogP contribution < -0.4 is 4.74 Å². The summed E-state index contributed by atoms with van der Waals surface area (Å²) in [5.41, 5.74) is 1.69. The van der Waals surface area contributed by atoms with E-state index in [1.807, 2.05) is 24.3 Å². The topological polar surface area (TPSA) is 52.1 Å². The van der Waals surface area contributed by atoms with Crippen molar-refractivity contribution in [1.82, 2.24) is 9.97 Å². The van der Waals surface area contributed by atoms with Gasteiger partial charge in [-0.05, 0) is 44.0 Å². The summed E-state index contributed by atoms with van der Waals surface area (Å²) < 4.78 is 5.69. The minimum atomic E-state index is 0.181. The molecule has 0 bridgehead atoms. The normalized spacial score (nSPS) is 14.1. The first-order valence-corrected chi connectivity index (χ1v) is 6.81. The Bertz CT molecular complexity index is 652. The van der Waals surface area contributed by atoms with E-state index in [2.05, 4.69) is 9.97 Å². The monoisotopic (exact) mass is 288 g/mol. The molecule has 1 aliphatic carbocycles. The maximum Gasteiger partial charge on any atom is 0.155 e. The van der Waals surface area contributed by atoms with E-state index < -0.39 is 0 Å². The van der Waals surface area contributed by atoms with Gasteiger partial charge in [0.15, 0.2) is 6.29 Å². The van der Waals surface area contributed by atoms with Crippen LogP contribution in [0.2, 0.25) is 5.15 Å². The van der Waals surface area contributed by atoms with Crippen LogP contribution in [0.4, 0.5) is 0 Å². The number of carbonyl (C=O) groups is 1. The van der Waals surface area contributed by atoms with E-state index in [1.54, 1.807) is 6.92 Å². The van der Waals surface area contributed by atoms with Crippen molar-refractivity contribution in [2.24, 2.45) is 0 Å². The molecule has 0 N–H and O–H groups in total. The van der Waals surface area contributed by atoms with Gasteiger partial charge in [0, 0.05) is 5.56 Å². The molecular formula is C15H13ClN2O2. The van der Waals surface area contributed by atoms with Crippen molar-refractivity contribution in [3.63, 3.8) is 0 Å². The first-order chi connectivity index (χ1) is 9.67. The molecule has 4 nitrogen and oxygen atoms in total. The van der Waals surface area contributed by atoms with E-state index in [-0.39, 0.29) is 5.15 Å². The Kier molecular flexibility index (Phi) is 3.40. The molecule has 3 rings (SSSR count). The summed E-state index contributed by atoms with van der Waals surface area (Å²) in [4.78, 5) is 19.5. The van der Waals surface area contributed by atoms with Crippen LogP contribution >= 0.6 is 11.6 Å².